The lowest BCUT2D eigenvalue weighted by Gasteiger charge is -2.20. The predicted molar refractivity (Wildman–Crippen MR) is 99.3 cm³/mol. The van der Waals surface area contributed by atoms with Crippen LogP contribution in [0.15, 0.2) is 48.5 Å². The standard InChI is InChI=1S/C21H24N2O/c1-14(15(2)24)23-19-9-7-6-8-18(19)22-20(23)16-10-12-17(13-11-16)21(3,4)5/h6-14H,1-5H3. The van der Waals surface area contributed by atoms with Crippen molar-refractivity contribution in [3.8, 4) is 11.4 Å². The van der Waals surface area contributed by atoms with Crippen LogP contribution in [0.1, 0.15) is 46.2 Å². The normalized spacial score (nSPS) is 13.2. The van der Waals surface area contributed by atoms with Gasteiger partial charge in [-0.25, -0.2) is 4.98 Å². The largest absolute Gasteiger partial charge is 0.314 e. The first-order valence-corrected chi connectivity index (χ1v) is 8.37. The van der Waals surface area contributed by atoms with Crippen molar-refractivity contribution in [3.05, 3.63) is 54.1 Å². The van der Waals surface area contributed by atoms with E-state index in [0.29, 0.717) is 0 Å². The summed E-state index contributed by atoms with van der Waals surface area (Å²) in [5.74, 6) is 0.977. The van der Waals surface area contributed by atoms with Crippen molar-refractivity contribution >= 4 is 16.8 Å². The number of rotatable bonds is 3. The minimum atomic E-state index is -0.241. The summed E-state index contributed by atoms with van der Waals surface area (Å²) >= 11 is 0. The highest BCUT2D eigenvalue weighted by atomic mass is 16.1. The monoisotopic (exact) mass is 320 g/mol. The smallest absolute Gasteiger partial charge is 0.152 e. The van der Waals surface area contributed by atoms with Gasteiger partial charge in [0.15, 0.2) is 5.78 Å². The van der Waals surface area contributed by atoms with Crippen LogP contribution in [-0.2, 0) is 10.2 Å². The summed E-state index contributed by atoms with van der Waals surface area (Å²) in [4.78, 5) is 16.8. The van der Waals surface area contributed by atoms with Crippen molar-refractivity contribution in [2.75, 3.05) is 0 Å². The summed E-state index contributed by atoms with van der Waals surface area (Å²) in [5, 5.41) is 0. The van der Waals surface area contributed by atoms with E-state index in [1.54, 1.807) is 6.92 Å². The van der Waals surface area contributed by atoms with Gasteiger partial charge in [-0.1, -0.05) is 57.2 Å². The Kier molecular flexibility index (Phi) is 4.04. The zero-order valence-corrected chi connectivity index (χ0v) is 15.0. The van der Waals surface area contributed by atoms with E-state index in [-0.39, 0.29) is 17.2 Å². The van der Waals surface area contributed by atoms with Crippen LogP contribution < -0.4 is 0 Å². The molecule has 0 spiro atoms. The number of hydrogen-bond donors (Lipinski definition) is 0. The Morgan fingerprint density at radius 3 is 2.25 bits per heavy atom. The maximum absolute atomic E-state index is 12.0. The summed E-state index contributed by atoms with van der Waals surface area (Å²) in [7, 11) is 0. The minimum absolute atomic E-state index is 0.116. The highest BCUT2D eigenvalue weighted by molar-refractivity contribution is 5.86. The SMILES string of the molecule is CC(=O)C(C)n1c(-c2ccc(C(C)(C)C)cc2)nc2ccccc21. The Morgan fingerprint density at radius 1 is 1.04 bits per heavy atom. The molecule has 0 bridgehead atoms. The average molecular weight is 320 g/mol. The minimum Gasteiger partial charge on any atom is -0.314 e. The molecule has 24 heavy (non-hydrogen) atoms. The van der Waals surface area contributed by atoms with E-state index in [2.05, 4.69) is 45.0 Å². The fraction of sp³-hybridized carbons (Fsp3) is 0.333. The maximum atomic E-state index is 12.0. The molecule has 1 aromatic heterocycles. The number of nitrogens with zero attached hydrogens (tertiary/aromatic N) is 2. The number of imidazole rings is 1. The van der Waals surface area contributed by atoms with Gasteiger partial charge in [-0.15, -0.1) is 0 Å². The van der Waals surface area contributed by atoms with E-state index in [4.69, 9.17) is 4.98 Å². The van der Waals surface area contributed by atoms with Crippen LogP contribution in [0.4, 0.5) is 0 Å². The summed E-state index contributed by atoms with van der Waals surface area (Å²) in [6.07, 6.45) is 0. The molecule has 124 valence electrons. The third-order valence-electron chi connectivity index (χ3n) is 4.58. The van der Waals surface area contributed by atoms with Crippen molar-refractivity contribution < 1.29 is 4.79 Å². The highest BCUT2D eigenvalue weighted by Crippen LogP contribution is 2.30. The fourth-order valence-corrected chi connectivity index (χ4v) is 2.94. The van der Waals surface area contributed by atoms with E-state index in [9.17, 15) is 4.79 Å². The van der Waals surface area contributed by atoms with Crippen molar-refractivity contribution in [3.63, 3.8) is 0 Å². The van der Waals surface area contributed by atoms with Crippen molar-refractivity contribution in [1.82, 2.24) is 9.55 Å². The number of Topliss-reactive ketones (excluding diaryl/α,β-unsaturated/α-hetero) is 1. The lowest BCUT2D eigenvalue weighted by atomic mass is 9.86. The molecule has 2 aromatic carbocycles. The topological polar surface area (TPSA) is 34.9 Å². The molecule has 0 amide bonds. The van der Waals surface area contributed by atoms with Crippen LogP contribution in [0.2, 0.25) is 0 Å². The number of benzene rings is 2. The first-order chi connectivity index (χ1) is 11.3. The van der Waals surface area contributed by atoms with Gasteiger partial charge in [-0.05, 0) is 37.0 Å². The molecule has 0 N–H and O–H groups in total. The number of para-hydroxylation sites is 2. The summed E-state index contributed by atoms with van der Waals surface area (Å²) < 4.78 is 2.05. The van der Waals surface area contributed by atoms with Crippen LogP contribution in [0.3, 0.4) is 0 Å². The Bertz CT molecular complexity index is 882. The van der Waals surface area contributed by atoms with E-state index >= 15 is 0 Å². The lowest BCUT2D eigenvalue weighted by Crippen LogP contribution is -2.14. The van der Waals surface area contributed by atoms with Crippen LogP contribution >= 0.6 is 0 Å². The molecule has 0 aliphatic rings. The summed E-state index contributed by atoms with van der Waals surface area (Å²) in [6, 6.07) is 16.2. The Morgan fingerprint density at radius 2 is 1.67 bits per heavy atom. The van der Waals surface area contributed by atoms with Gasteiger partial charge in [0.1, 0.15) is 5.82 Å². The number of fused-ring (bicyclic) bond motifs is 1. The van der Waals surface area contributed by atoms with Gasteiger partial charge >= 0.3 is 0 Å². The average Bonchev–Trinajstić information content (AvgIpc) is 2.92. The van der Waals surface area contributed by atoms with Crippen molar-refractivity contribution in [1.29, 1.82) is 0 Å². The Hall–Kier alpha value is -2.42. The molecule has 1 heterocycles. The molecular formula is C21H24N2O. The van der Waals surface area contributed by atoms with Crippen LogP contribution in [0.25, 0.3) is 22.4 Å². The van der Waals surface area contributed by atoms with Gasteiger partial charge in [0, 0.05) is 5.56 Å². The van der Waals surface area contributed by atoms with E-state index < -0.39 is 0 Å². The number of carbonyl (C=O) groups excluding carboxylic acids is 1. The van der Waals surface area contributed by atoms with Crippen molar-refractivity contribution in [2.24, 2.45) is 0 Å². The molecule has 0 radical (unpaired) electrons. The number of aromatic nitrogens is 2. The molecule has 1 unspecified atom stereocenters. The van der Waals surface area contributed by atoms with Gasteiger partial charge in [-0.2, -0.15) is 0 Å². The molecule has 0 fully saturated rings. The summed E-state index contributed by atoms with van der Waals surface area (Å²) in [6.45, 7) is 10.2. The molecule has 0 aliphatic heterocycles. The molecule has 3 aromatic rings. The third-order valence-corrected chi connectivity index (χ3v) is 4.58. The molecule has 3 heteroatoms. The second kappa shape index (κ2) is 5.90. The Balaban J connectivity index is 2.18. The summed E-state index contributed by atoms with van der Waals surface area (Å²) in [5.41, 5.74) is 4.35. The maximum Gasteiger partial charge on any atom is 0.152 e. The number of hydrogen-bond acceptors (Lipinski definition) is 2. The molecule has 3 rings (SSSR count). The first-order valence-electron chi connectivity index (χ1n) is 8.37. The van der Waals surface area contributed by atoms with Crippen LogP contribution in [0, 0.1) is 0 Å². The van der Waals surface area contributed by atoms with E-state index in [1.165, 1.54) is 5.56 Å². The first kappa shape index (κ1) is 16.4. The quantitative estimate of drug-likeness (QED) is 0.669. The van der Waals surface area contributed by atoms with E-state index in [0.717, 1.165) is 22.4 Å². The van der Waals surface area contributed by atoms with Gasteiger partial charge in [0.25, 0.3) is 0 Å². The zero-order valence-electron chi connectivity index (χ0n) is 15.0. The molecule has 3 nitrogen and oxygen atoms in total. The van der Waals surface area contributed by atoms with Gasteiger partial charge < -0.3 is 4.57 Å². The number of ketones is 1. The third kappa shape index (κ3) is 2.86. The van der Waals surface area contributed by atoms with Gasteiger partial charge in [0.2, 0.25) is 0 Å². The van der Waals surface area contributed by atoms with Crippen LogP contribution in [0.5, 0.6) is 0 Å². The van der Waals surface area contributed by atoms with E-state index in [1.807, 2.05) is 35.8 Å². The lowest BCUT2D eigenvalue weighted by molar-refractivity contribution is -0.119. The highest BCUT2D eigenvalue weighted by Gasteiger charge is 2.20. The number of carbonyl (C=O) groups is 1. The second-order valence-electron chi connectivity index (χ2n) is 7.41. The fourth-order valence-electron chi connectivity index (χ4n) is 2.94. The predicted octanol–water partition coefficient (Wildman–Crippen LogP) is 5.15. The van der Waals surface area contributed by atoms with Gasteiger partial charge in [-0.3, -0.25) is 4.79 Å². The molecule has 1 atom stereocenters. The molecule has 0 aliphatic carbocycles. The van der Waals surface area contributed by atoms with Crippen LogP contribution in [-0.4, -0.2) is 15.3 Å². The second-order valence-corrected chi connectivity index (χ2v) is 7.41. The molecule has 0 saturated heterocycles. The molecule has 0 saturated carbocycles. The van der Waals surface area contributed by atoms with Crippen molar-refractivity contribution in [2.45, 2.75) is 46.1 Å². The Labute approximate surface area is 143 Å². The molecular weight excluding hydrogens is 296 g/mol. The van der Waals surface area contributed by atoms with Gasteiger partial charge in [0.05, 0.1) is 17.1 Å². The zero-order chi connectivity index (χ0) is 17.5.